The monoisotopic (exact) mass is 376 g/mol. The molecule has 6 rings (SSSR count). The first-order valence-corrected chi connectivity index (χ1v) is 10.7. The van der Waals surface area contributed by atoms with Gasteiger partial charge >= 0.3 is 0 Å². The van der Waals surface area contributed by atoms with Crippen molar-refractivity contribution in [3.63, 3.8) is 0 Å². The number of hydrogen-bond donors (Lipinski definition) is 0. The lowest BCUT2D eigenvalue weighted by molar-refractivity contribution is 0.499. The fraction of sp³-hybridized carbons (Fsp3) is 0.214. The van der Waals surface area contributed by atoms with Gasteiger partial charge in [-0.2, -0.15) is 0 Å². The van der Waals surface area contributed by atoms with Gasteiger partial charge in [-0.05, 0) is 75.9 Å². The molecule has 142 valence electrons. The first-order valence-electron chi connectivity index (χ1n) is 10.7. The summed E-state index contributed by atoms with van der Waals surface area (Å²) in [6.07, 6.45) is 14.0. The predicted molar refractivity (Wildman–Crippen MR) is 120 cm³/mol. The second-order valence-electron chi connectivity index (χ2n) is 8.46. The molecule has 0 bridgehead atoms. The zero-order valence-electron chi connectivity index (χ0n) is 16.5. The van der Waals surface area contributed by atoms with Crippen LogP contribution in [0.3, 0.4) is 0 Å². The van der Waals surface area contributed by atoms with Crippen LogP contribution in [0.25, 0.3) is 21.5 Å². The highest BCUT2D eigenvalue weighted by atomic mass is 16.3. The van der Waals surface area contributed by atoms with Crippen LogP contribution >= 0.6 is 0 Å². The zero-order valence-corrected chi connectivity index (χ0v) is 16.5. The topological polar surface area (TPSA) is 13.1 Å². The van der Waals surface area contributed by atoms with E-state index < -0.39 is 0 Å². The van der Waals surface area contributed by atoms with Crippen LogP contribution in [-0.2, 0) is 19.3 Å². The van der Waals surface area contributed by atoms with Crippen LogP contribution < -0.4 is 0 Å². The third-order valence-corrected chi connectivity index (χ3v) is 6.80. The Balaban J connectivity index is 1.40. The molecule has 1 unspecified atom stereocenters. The summed E-state index contributed by atoms with van der Waals surface area (Å²) in [5.74, 6) is 1.71. The van der Waals surface area contributed by atoms with Gasteiger partial charge in [-0.3, -0.25) is 0 Å². The van der Waals surface area contributed by atoms with Crippen LogP contribution in [0.2, 0.25) is 0 Å². The van der Waals surface area contributed by atoms with E-state index in [0.717, 1.165) is 25.7 Å². The molecule has 0 fully saturated rings. The molecule has 1 heteroatoms. The van der Waals surface area contributed by atoms with E-state index in [2.05, 4.69) is 72.8 Å². The summed E-state index contributed by atoms with van der Waals surface area (Å²) in [6.45, 7) is 0. The maximum Gasteiger partial charge on any atom is 0.111 e. The smallest absolute Gasteiger partial charge is 0.111 e. The molecular formula is C28H24O. The predicted octanol–water partition coefficient (Wildman–Crippen LogP) is 7.29. The zero-order chi connectivity index (χ0) is 19.2. The van der Waals surface area contributed by atoms with Crippen molar-refractivity contribution in [2.75, 3.05) is 0 Å². The van der Waals surface area contributed by atoms with Crippen molar-refractivity contribution < 1.29 is 4.42 Å². The highest BCUT2D eigenvalue weighted by molar-refractivity contribution is 6.08. The number of fused-ring (bicyclic) bond motifs is 5. The lowest BCUT2D eigenvalue weighted by Gasteiger charge is -2.26. The fourth-order valence-electron chi connectivity index (χ4n) is 5.30. The number of allylic oxidation sites excluding steroid dienone is 4. The average Bonchev–Trinajstić information content (AvgIpc) is 3.45. The Morgan fingerprint density at radius 1 is 0.897 bits per heavy atom. The van der Waals surface area contributed by atoms with E-state index in [4.69, 9.17) is 4.42 Å². The first kappa shape index (κ1) is 16.9. The number of benzene rings is 3. The van der Waals surface area contributed by atoms with Crippen LogP contribution in [0.4, 0.5) is 0 Å². The highest BCUT2D eigenvalue weighted by Gasteiger charge is 2.25. The van der Waals surface area contributed by atoms with E-state index in [1.807, 2.05) is 6.26 Å². The van der Waals surface area contributed by atoms with Gasteiger partial charge in [0.15, 0.2) is 0 Å². The van der Waals surface area contributed by atoms with Crippen LogP contribution in [-0.4, -0.2) is 0 Å². The molecule has 0 aliphatic heterocycles. The molecule has 0 N–H and O–H groups in total. The summed E-state index contributed by atoms with van der Waals surface area (Å²) in [7, 11) is 0. The van der Waals surface area contributed by atoms with Gasteiger partial charge in [0, 0.05) is 6.42 Å². The molecule has 0 amide bonds. The van der Waals surface area contributed by atoms with Gasteiger partial charge in [0.25, 0.3) is 0 Å². The molecule has 1 aromatic heterocycles. The van der Waals surface area contributed by atoms with Gasteiger partial charge in [0.2, 0.25) is 0 Å². The van der Waals surface area contributed by atoms with Crippen molar-refractivity contribution in [2.24, 2.45) is 0 Å². The van der Waals surface area contributed by atoms with Crippen molar-refractivity contribution >= 4 is 21.5 Å². The van der Waals surface area contributed by atoms with Gasteiger partial charge in [0.05, 0.1) is 6.26 Å². The summed E-state index contributed by atoms with van der Waals surface area (Å²) >= 11 is 0. The van der Waals surface area contributed by atoms with E-state index in [1.54, 1.807) is 5.56 Å². The summed E-state index contributed by atoms with van der Waals surface area (Å²) in [4.78, 5) is 0. The van der Waals surface area contributed by atoms with Gasteiger partial charge < -0.3 is 4.42 Å². The lowest BCUT2D eigenvalue weighted by Crippen LogP contribution is -2.14. The minimum atomic E-state index is 0.545. The number of aryl methyl sites for hydroxylation is 1. The van der Waals surface area contributed by atoms with Gasteiger partial charge in [-0.15, -0.1) is 0 Å². The highest BCUT2D eigenvalue weighted by Crippen LogP contribution is 2.40. The number of hydrogen-bond acceptors (Lipinski definition) is 1. The number of rotatable bonds is 3. The molecule has 2 aliphatic carbocycles. The fourth-order valence-corrected chi connectivity index (χ4v) is 5.30. The van der Waals surface area contributed by atoms with Crippen LogP contribution in [0.15, 0.2) is 89.1 Å². The molecule has 3 aromatic carbocycles. The van der Waals surface area contributed by atoms with Crippen LogP contribution in [0.1, 0.15) is 41.2 Å². The standard InChI is InChI=1S/C28H24O/c1-2-6-19(5-1)17-28-24(15-16-29-28)22-10-9-21-12-13-25-23-8-4-3-7-20(23)11-14-26(25)27(21)18-22/h1-5,7-8,11-16,22H,6,9-10,17-18H2. The van der Waals surface area contributed by atoms with Crippen LogP contribution in [0.5, 0.6) is 0 Å². The molecule has 0 spiro atoms. The largest absolute Gasteiger partial charge is 0.469 e. The molecule has 4 aromatic rings. The first-order chi connectivity index (χ1) is 14.4. The lowest BCUT2D eigenvalue weighted by atomic mass is 9.77. The minimum absolute atomic E-state index is 0.545. The maximum absolute atomic E-state index is 5.94. The van der Waals surface area contributed by atoms with Gasteiger partial charge in [-0.1, -0.05) is 72.3 Å². The Morgan fingerprint density at radius 2 is 1.83 bits per heavy atom. The molecular weight excluding hydrogens is 352 g/mol. The van der Waals surface area contributed by atoms with E-state index in [0.29, 0.717) is 5.92 Å². The van der Waals surface area contributed by atoms with Crippen molar-refractivity contribution in [1.82, 2.24) is 0 Å². The maximum atomic E-state index is 5.94. The molecule has 29 heavy (non-hydrogen) atoms. The van der Waals surface area contributed by atoms with E-state index in [9.17, 15) is 0 Å². The van der Waals surface area contributed by atoms with E-state index in [-0.39, 0.29) is 0 Å². The van der Waals surface area contributed by atoms with Crippen molar-refractivity contribution in [3.8, 4) is 0 Å². The third-order valence-electron chi connectivity index (χ3n) is 6.80. The molecule has 1 nitrogen and oxygen atoms in total. The Morgan fingerprint density at radius 3 is 2.76 bits per heavy atom. The molecule has 0 radical (unpaired) electrons. The summed E-state index contributed by atoms with van der Waals surface area (Å²) in [6, 6.07) is 20.3. The average molecular weight is 376 g/mol. The van der Waals surface area contributed by atoms with Crippen molar-refractivity contribution in [3.05, 3.63) is 107 Å². The van der Waals surface area contributed by atoms with Gasteiger partial charge in [0.1, 0.15) is 5.76 Å². The van der Waals surface area contributed by atoms with Crippen molar-refractivity contribution in [2.45, 2.75) is 38.0 Å². The normalized spacial score (nSPS) is 18.3. The quantitative estimate of drug-likeness (QED) is 0.342. The molecule has 1 atom stereocenters. The van der Waals surface area contributed by atoms with Crippen molar-refractivity contribution in [1.29, 1.82) is 0 Å². The summed E-state index contributed by atoms with van der Waals surface area (Å²) in [5.41, 5.74) is 5.94. The summed E-state index contributed by atoms with van der Waals surface area (Å²) < 4.78 is 5.94. The minimum Gasteiger partial charge on any atom is -0.469 e. The van der Waals surface area contributed by atoms with E-state index >= 15 is 0 Å². The Labute approximate surface area is 171 Å². The Kier molecular flexibility index (Phi) is 3.94. The summed E-state index contributed by atoms with van der Waals surface area (Å²) in [5, 5.41) is 5.50. The van der Waals surface area contributed by atoms with Crippen LogP contribution in [0, 0.1) is 0 Å². The van der Waals surface area contributed by atoms with Gasteiger partial charge in [-0.25, -0.2) is 0 Å². The number of furan rings is 1. The van der Waals surface area contributed by atoms with E-state index in [1.165, 1.54) is 50.4 Å². The second-order valence-corrected chi connectivity index (χ2v) is 8.46. The molecule has 0 saturated heterocycles. The molecule has 0 saturated carbocycles. The SMILES string of the molecule is C1=CCC(Cc2occc2C2CCc3ccc4c(ccc5ccccc54)c3C2)=C1. The molecule has 2 aliphatic rings. The second kappa shape index (κ2) is 6.77. The Hall–Kier alpha value is -3.06. The Bertz CT molecular complexity index is 1280. The molecule has 1 heterocycles. The third kappa shape index (κ3) is 2.84.